The molecule has 4 heterocycles. The largest absolute Gasteiger partial charge is 0.354 e. The zero-order chi connectivity index (χ0) is 22.8. The maximum absolute atomic E-state index is 11.8. The van der Waals surface area contributed by atoms with Gasteiger partial charge in [-0.05, 0) is 43.0 Å². The molecule has 0 aliphatic carbocycles. The van der Waals surface area contributed by atoms with Crippen LogP contribution < -0.4 is 20.4 Å². The molecule has 2 fully saturated rings. The number of rotatable bonds is 6. The Kier molecular flexibility index (Phi) is 5.44. The van der Waals surface area contributed by atoms with E-state index in [1.54, 1.807) is 0 Å². The van der Waals surface area contributed by atoms with Crippen molar-refractivity contribution in [2.24, 2.45) is 0 Å². The molecule has 1 atom stereocenters. The van der Waals surface area contributed by atoms with Crippen LogP contribution in [0.25, 0.3) is 10.8 Å². The topological polar surface area (TPSA) is 112 Å². The number of nitrogens with zero attached hydrogens (tertiary/aromatic N) is 7. The lowest BCUT2D eigenvalue weighted by molar-refractivity contribution is -0.111. The van der Waals surface area contributed by atoms with E-state index >= 15 is 0 Å². The second-order valence-corrected chi connectivity index (χ2v) is 8.03. The molecular weight excluding hydrogens is 418 g/mol. The highest BCUT2D eigenvalue weighted by Crippen LogP contribution is 2.35. The van der Waals surface area contributed by atoms with E-state index in [0.29, 0.717) is 17.3 Å². The average Bonchev–Trinajstić information content (AvgIpc) is 3.26. The number of anilines is 4. The summed E-state index contributed by atoms with van der Waals surface area (Å²) in [6, 6.07) is 5.98. The van der Waals surface area contributed by atoms with Crippen LogP contribution in [0.5, 0.6) is 0 Å². The van der Waals surface area contributed by atoms with Gasteiger partial charge in [0.15, 0.2) is 17.3 Å². The number of carbonyl (C=O) groups is 1. The number of hydrogen-bond donors (Lipinski definition) is 2. The van der Waals surface area contributed by atoms with Crippen LogP contribution in [0.4, 0.5) is 23.3 Å². The van der Waals surface area contributed by atoms with Crippen LogP contribution in [0.2, 0.25) is 0 Å². The van der Waals surface area contributed by atoms with Gasteiger partial charge in [0.05, 0.1) is 6.20 Å². The van der Waals surface area contributed by atoms with Crippen LogP contribution in [-0.4, -0.2) is 63.5 Å². The minimum absolute atomic E-state index is 0.140. The molecule has 33 heavy (non-hydrogen) atoms. The van der Waals surface area contributed by atoms with Crippen molar-refractivity contribution in [1.29, 1.82) is 0 Å². The van der Waals surface area contributed by atoms with E-state index < -0.39 is 0 Å². The first kappa shape index (κ1) is 20.6. The highest BCUT2D eigenvalue weighted by Gasteiger charge is 2.28. The van der Waals surface area contributed by atoms with E-state index in [0.717, 1.165) is 61.4 Å². The predicted molar refractivity (Wildman–Crippen MR) is 127 cm³/mol. The smallest absolute Gasteiger partial charge is 0.247 e. The van der Waals surface area contributed by atoms with Gasteiger partial charge in [0.1, 0.15) is 0 Å². The predicted octanol–water partition coefficient (Wildman–Crippen LogP) is 1.82. The van der Waals surface area contributed by atoms with Crippen molar-refractivity contribution in [1.82, 2.24) is 25.4 Å². The molecule has 2 N–H and O–H groups in total. The molecule has 1 amide bonds. The fourth-order valence-electron chi connectivity index (χ4n) is 4.05. The van der Waals surface area contributed by atoms with Gasteiger partial charge in [-0.3, -0.25) is 4.79 Å². The summed E-state index contributed by atoms with van der Waals surface area (Å²) < 4.78 is 0. The maximum Gasteiger partial charge on any atom is 0.247 e. The number of benzene rings is 1. The van der Waals surface area contributed by atoms with Crippen LogP contribution in [0.15, 0.2) is 37.1 Å². The highest BCUT2D eigenvalue weighted by atomic mass is 16.1. The summed E-state index contributed by atoms with van der Waals surface area (Å²) in [7, 11) is 0. The van der Waals surface area contributed by atoms with E-state index in [1.165, 1.54) is 12.3 Å². The third-order valence-corrected chi connectivity index (χ3v) is 5.88. The maximum atomic E-state index is 11.8. The third-order valence-electron chi connectivity index (χ3n) is 5.88. The molecule has 2 aromatic heterocycles. The molecule has 0 radical (unpaired) electrons. The fourth-order valence-corrected chi connectivity index (χ4v) is 4.05. The molecular formula is C23H23N9O. The second-order valence-electron chi connectivity index (χ2n) is 8.03. The Labute approximate surface area is 191 Å². The number of terminal acetylenes is 1. The SMILES string of the molecule is C#Cc1cnc(N[C@@H]2CCN(c3nnc(N4CCC4)c4cc(NC(=O)C=C)ccc34)C2)nn1. The summed E-state index contributed by atoms with van der Waals surface area (Å²) in [6.07, 6.45) is 10.1. The molecule has 0 spiro atoms. The summed E-state index contributed by atoms with van der Waals surface area (Å²) in [6.45, 7) is 6.97. The highest BCUT2D eigenvalue weighted by molar-refractivity contribution is 6.04. The van der Waals surface area contributed by atoms with Crippen molar-refractivity contribution in [2.75, 3.05) is 46.6 Å². The van der Waals surface area contributed by atoms with Gasteiger partial charge in [0.25, 0.3) is 0 Å². The third kappa shape index (κ3) is 4.13. The van der Waals surface area contributed by atoms with Gasteiger partial charge in [-0.2, -0.15) is 0 Å². The molecule has 0 unspecified atom stereocenters. The molecule has 1 aromatic carbocycles. The Morgan fingerprint density at radius 3 is 2.61 bits per heavy atom. The summed E-state index contributed by atoms with van der Waals surface area (Å²) in [5, 5.41) is 25.3. The Morgan fingerprint density at radius 1 is 1.12 bits per heavy atom. The van der Waals surface area contributed by atoms with E-state index in [-0.39, 0.29) is 11.9 Å². The molecule has 5 rings (SSSR count). The molecule has 0 bridgehead atoms. The number of nitrogens with one attached hydrogen (secondary N) is 2. The summed E-state index contributed by atoms with van der Waals surface area (Å²) in [4.78, 5) is 20.4. The van der Waals surface area contributed by atoms with Crippen LogP contribution in [-0.2, 0) is 4.79 Å². The van der Waals surface area contributed by atoms with Gasteiger partial charge in [-0.25, -0.2) is 4.98 Å². The number of amides is 1. The fraction of sp³-hybridized carbons (Fsp3) is 0.304. The van der Waals surface area contributed by atoms with Crippen LogP contribution in [0, 0.1) is 12.3 Å². The van der Waals surface area contributed by atoms with Gasteiger partial charge in [0, 0.05) is 48.7 Å². The van der Waals surface area contributed by atoms with E-state index in [2.05, 4.69) is 58.3 Å². The first-order valence-electron chi connectivity index (χ1n) is 10.8. The number of aromatic nitrogens is 5. The first-order chi connectivity index (χ1) is 16.1. The van der Waals surface area contributed by atoms with E-state index in [4.69, 9.17) is 6.42 Å². The lowest BCUT2D eigenvalue weighted by Gasteiger charge is -2.33. The normalized spacial score (nSPS) is 17.4. The van der Waals surface area contributed by atoms with Crippen LogP contribution in [0.1, 0.15) is 18.5 Å². The second kappa shape index (κ2) is 8.70. The van der Waals surface area contributed by atoms with Crippen molar-refractivity contribution >= 4 is 40.0 Å². The van der Waals surface area contributed by atoms with Gasteiger partial charge in [0.2, 0.25) is 11.9 Å². The van der Waals surface area contributed by atoms with E-state index in [1.807, 2.05) is 18.2 Å². The lowest BCUT2D eigenvalue weighted by atomic mass is 10.1. The first-order valence-corrected chi connectivity index (χ1v) is 10.8. The Morgan fingerprint density at radius 2 is 1.94 bits per heavy atom. The molecule has 0 saturated carbocycles. The van der Waals surface area contributed by atoms with Crippen molar-refractivity contribution in [2.45, 2.75) is 18.9 Å². The van der Waals surface area contributed by atoms with Crippen molar-refractivity contribution in [3.63, 3.8) is 0 Å². The van der Waals surface area contributed by atoms with Gasteiger partial charge < -0.3 is 20.4 Å². The van der Waals surface area contributed by atoms with Crippen molar-refractivity contribution in [3.05, 3.63) is 42.7 Å². The molecule has 10 nitrogen and oxygen atoms in total. The molecule has 2 aliphatic rings. The average molecular weight is 441 g/mol. The summed E-state index contributed by atoms with van der Waals surface area (Å²) in [5.41, 5.74) is 1.11. The van der Waals surface area contributed by atoms with Crippen LogP contribution >= 0.6 is 0 Å². The number of fused-ring (bicyclic) bond motifs is 1. The minimum atomic E-state index is -0.248. The molecule has 2 saturated heterocycles. The van der Waals surface area contributed by atoms with E-state index in [9.17, 15) is 4.79 Å². The summed E-state index contributed by atoms with van der Waals surface area (Å²) in [5.74, 6) is 4.28. The van der Waals surface area contributed by atoms with Crippen molar-refractivity contribution in [3.8, 4) is 12.3 Å². The molecule has 2 aliphatic heterocycles. The molecule has 3 aromatic rings. The van der Waals surface area contributed by atoms with Crippen molar-refractivity contribution < 1.29 is 4.79 Å². The van der Waals surface area contributed by atoms with Gasteiger partial charge >= 0.3 is 0 Å². The monoisotopic (exact) mass is 441 g/mol. The Balaban J connectivity index is 1.41. The molecule has 10 heteroatoms. The van der Waals surface area contributed by atoms with Gasteiger partial charge in [-0.15, -0.1) is 26.8 Å². The summed E-state index contributed by atoms with van der Waals surface area (Å²) >= 11 is 0. The van der Waals surface area contributed by atoms with Gasteiger partial charge in [-0.1, -0.05) is 6.58 Å². The zero-order valence-electron chi connectivity index (χ0n) is 18.0. The zero-order valence-corrected chi connectivity index (χ0v) is 18.0. The number of hydrogen-bond acceptors (Lipinski definition) is 9. The lowest BCUT2D eigenvalue weighted by Crippen LogP contribution is -2.38. The molecule has 166 valence electrons. The minimum Gasteiger partial charge on any atom is -0.354 e. The standard InChI is InChI=1S/C23H23N9O/c1-3-15-13-24-23(30-27-15)26-17-8-11-32(14-17)21-18-7-6-16(25-20(33)4-2)12-19(18)22(29-28-21)31-9-5-10-31/h1,4,6-7,12-13,17H,2,5,8-11,14H2,(H,25,33)(H,24,26,30)/t17-/m1/s1. The Hall–Kier alpha value is -4.26. The van der Waals surface area contributed by atoms with Crippen LogP contribution in [0.3, 0.4) is 0 Å². The Bertz CT molecular complexity index is 1250. The quantitative estimate of drug-likeness (QED) is 0.437. The number of carbonyl (C=O) groups excluding carboxylic acids is 1.